The van der Waals surface area contributed by atoms with Gasteiger partial charge in [-0.3, -0.25) is 4.79 Å². The molecule has 8 nitrogen and oxygen atoms in total. The Morgan fingerprint density at radius 2 is 1.90 bits per heavy atom. The molecule has 0 aliphatic carbocycles. The van der Waals surface area contributed by atoms with Crippen LogP contribution in [0.1, 0.15) is 4.88 Å². The maximum absolute atomic E-state index is 11.4. The van der Waals surface area contributed by atoms with E-state index in [4.69, 9.17) is 30.5 Å². The monoisotopic (exact) mass is 462 g/mol. The molecule has 0 amide bonds. The summed E-state index contributed by atoms with van der Waals surface area (Å²) in [5.74, 6) is 1.31. The zero-order valence-electron chi connectivity index (χ0n) is 16.7. The van der Waals surface area contributed by atoms with E-state index < -0.39 is 5.97 Å². The number of benzene rings is 2. The number of hydrogen-bond donors (Lipinski definition) is 2. The van der Waals surface area contributed by atoms with Gasteiger partial charge in [0.05, 0.1) is 37.0 Å². The molecule has 0 saturated heterocycles. The Morgan fingerprint density at radius 3 is 2.61 bits per heavy atom. The maximum atomic E-state index is 11.4. The predicted molar refractivity (Wildman–Crippen MR) is 118 cm³/mol. The first kappa shape index (κ1) is 21.1. The molecule has 1 aromatic heterocycles. The number of carboxylic acid groups (broad SMARTS) is 1. The van der Waals surface area contributed by atoms with Gasteiger partial charge in [0.15, 0.2) is 16.6 Å². The lowest BCUT2D eigenvalue weighted by Gasteiger charge is -2.18. The first-order chi connectivity index (χ1) is 15.0. The number of carbonyl (C=O) groups is 1. The highest BCUT2D eigenvalue weighted by Crippen LogP contribution is 2.41. The number of nitrogens with one attached hydrogen (secondary N) is 1. The van der Waals surface area contributed by atoms with Crippen LogP contribution in [0.25, 0.3) is 11.3 Å². The van der Waals surface area contributed by atoms with Gasteiger partial charge in [-0.15, -0.1) is 11.3 Å². The highest BCUT2D eigenvalue weighted by molar-refractivity contribution is 7.16. The van der Waals surface area contributed by atoms with Crippen molar-refractivity contribution in [1.29, 1.82) is 0 Å². The van der Waals surface area contributed by atoms with Gasteiger partial charge in [0.25, 0.3) is 0 Å². The first-order valence-corrected chi connectivity index (χ1v) is 10.5. The molecule has 0 bridgehead atoms. The van der Waals surface area contributed by atoms with Crippen LogP contribution >= 0.6 is 22.9 Å². The third-order valence-electron chi connectivity index (χ3n) is 4.54. The minimum Gasteiger partial charge on any atom is -0.495 e. The Balaban J connectivity index is 1.72. The van der Waals surface area contributed by atoms with E-state index in [9.17, 15) is 9.90 Å². The van der Waals surface area contributed by atoms with Gasteiger partial charge in [-0.05, 0) is 24.3 Å². The number of halogens is 1. The van der Waals surface area contributed by atoms with E-state index in [0.29, 0.717) is 62.6 Å². The molecular formula is C21H19ClN2O6S. The molecule has 2 N–H and O–H groups in total. The molecule has 2 heterocycles. The van der Waals surface area contributed by atoms with E-state index in [1.54, 1.807) is 18.2 Å². The second-order valence-electron chi connectivity index (χ2n) is 6.53. The molecule has 1 aliphatic heterocycles. The van der Waals surface area contributed by atoms with E-state index >= 15 is 0 Å². The van der Waals surface area contributed by atoms with E-state index in [1.807, 2.05) is 12.1 Å². The summed E-state index contributed by atoms with van der Waals surface area (Å²) in [5, 5.41) is 13.4. The van der Waals surface area contributed by atoms with Crippen molar-refractivity contribution in [2.75, 3.05) is 32.8 Å². The van der Waals surface area contributed by atoms with Crippen molar-refractivity contribution < 1.29 is 28.8 Å². The van der Waals surface area contributed by atoms with Crippen LogP contribution in [-0.4, -0.2) is 43.5 Å². The number of thiazole rings is 1. The Kier molecular flexibility index (Phi) is 6.06. The predicted octanol–water partition coefficient (Wildman–Crippen LogP) is 4.62. The van der Waals surface area contributed by atoms with Crippen molar-refractivity contribution in [2.45, 2.75) is 6.42 Å². The normalized spacial score (nSPS) is 12.4. The van der Waals surface area contributed by atoms with Crippen LogP contribution in [0.2, 0.25) is 5.02 Å². The fourth-order valence-electron chi connectivity index (χ4n) is 3.15. The molecule has 0 fully saturated rings. The average Bonchev–Trinajstić information content (AvgIpc) is 3.15. The number of methoxy groups -OCH3 is 2. The molecule has 0 saturated carbocycles. The minimum absolute atomic E-state index is 0.163. The Hall–Kier alpha value is -3.17. The molecule has 0 radical (unpaired) electrons. The highest BCUT2D eigenvalue weighted by Gasteiger charge is 2.20. The number of aromatic nitrogens is 1. The molecule has 0 spiro atoms. The SMILES string of the molecule is COc1cc(OC)c(Nc2nc(-c3ccc4c(c3)OCCO4)c(CC(=O)O)s2)cc1Cl. The molecule has 0 atom stereocenters. The number of fused-ring (bicyclic) bond motifs is 1. The molecule has 3 aromatic rings. The maximum Gasteiger partial charge on any atom is 0.308 e. The van der Waals surface area contributed by atoms with Gasteiger partial charge in [0, 0.05) is 16.5 Å². The molecule has 10 heteroatoms. The van der Waals surface area contributed by atoms with Crippen molar-refractivity contribution in [3.05, 3.63) is 40.2 Å². The third kappa shape index (κ3) is 4.47. The number of rotatable bonds is 7. The summed E-state index contributed by atoms with van der Waals surface area (Å²) >= 11 is 7.50. The van der Waals surface area contributed by atoms with Gasteiger partial charge < -0.3 is 29.4 Å². The van der Waals surface area contributed by atoms with Gasteiger partial charge in [-0.1, -0.05) is 11.6 Å². The largest absolute Gasteiger partial charge is 0.495 e. The molecular weight excluding hydrogens is 444 g/mol. The highest BCUT2D eigenvalue weighted by atomic mass is 35.5. The average molecular weight is 463 g/mol. The van der Waals surface area contributed by atoms with E-state index in [-0.39, 0.29) is 6.42 Å². The van der Waals surface area contributed by atoms with Crippen LogP contribution < -0.4 is 24.3 Å². The lowest BCUT2D eigenvalue weighted by molar-refractivity contribution is -0.136. The van der Waals surface area contributed by atoms with E-state index in [2.05, 4.69) is 10.3 Å². The lowest BCUT2D eigenvalue weighted by Crippen LogP contribution is -2.15. The van der Waals surface area contributed by atoms with Gasteiger partial charge in [0.1, 0.15) is 24.7 Å². The number of ether oxygens (including phenoxy) is 4. The number of anilines is 2. The van der Waals surface area contributed by atoms with Gasteiger partial charge in [0.2, 0.25) is 0 Å². The number of carboxylic acids is 1. The van der Waals surface area contributed by atoms with Gasteiger partial charge in [-0.2, -0.15) is 0 Å². The Bertz CT molecular complexity index is 1130. The van der Waals surface area contributed by atoms with Crippen molar-refractivity contribution in [3.8, 4) is 34.3 Å². The third-order valence-corrected chi connectivity index (χ3v) is 5.81. The van der Waals surface area contributed by atoms with E-state index in [0.717, 1.165) is 5.56 Å². The van der Waals surface area contributed by atoms with Crippen molar-refractivity contribution >= 4 is 39.7 Å². The second kappa shape index (κ2) is 8.91. The molecule has 4 rings (SSSR count). The van der Waals surface area contributed by atoms with Gasteiger partial charge in [-0.25, -0.2) is 4.98 Å². The van der Waals surface area contributed by atoms with Crippen molar-refractivity contribution in [1.82, 2.24) is 4.98 Å². The standard InChI is InChI=1S/C21H19ClN2O6S/c1-27-15-9-16(28-2)13(8-12(15)22)23-21-24-20(18(31-21)10-19(25)26)11-3-4-14-17(7-11)30-6-5-29-14/h3-4,7-9H,5-6,10H2,1-2H3,(H,23,24)(H,25,26). The second-order valence-corrected chi connectivity index (χ2v) is 8.02. The van der Waals surface area contributed by atoms with Crippen molar-refractivity contribution in [3.63, 3.8) is 0 Å². The molecule has 31 heavy (non-hydrogen) atoms. The topological polar surface area (TPSA) is 99.1 Å². The fraction of sp³-hybridized carbons (Fsp3) is 0.238. The zero-order valence-corrected chi connectivity index (χ0v) is 18.3. The summed E-state index contributed by atoms with van der Waals surface area (Å²) in [6, 6.07) is 8.78. The summed E-state index contributed by atoms with van der Waals surface area (Å²) in [4.78, 5) is 16.7. The van der Waals surface area contributed by atoms with Crippen LogP contribution in [0.4, 0.5) is 10.8 Å². The van der Waals surface area contributed by atoms with Crippen LogP contribution in [0.15, 0.2) is 30.3 Å². The number of hydrogen-bond acceptors (Lipinski definition) is 8. The quantitative estimate of drug-likeness (QED) is 0.524. The smallest absolute Gasteiger partial charge is 0.308 e. The van der Waals surface area contributed by atoms with Crippen molar-refractivity contribution in [2.24, 2.45) is 0 Å². The fourth-order valence-corrected chi connectivity index (χ4v) is 4.38. The summed E-state index contributed by atoms with van der Waals surface area (Å²) in [6.07, 6.45) is -0.163. The summed E-state index contributed by atoms with van der Waals surface area (Å²) in [7, 11) is 3.05. The van der Waals surface area contributed by atoms with Crippen LogP contribution in [0.3, 0.4) is 0 Å². The summed E-state index contributed by atoms with van der Waals surface area (Å²) in [6.45, 7) is 0.952. The lowest BCUT2D eigenvalue weighted by atomic mass is 10.1. The minimum atomic E-state index is -0.945. The Morgan fingerprint density at radius 1 is 1.16 bits per heavy atom. The molecule has 162 valence electrons. The van der Waals surface area contributed by atoms with Crippen LogP contribution in [-0.2, 0) is 11.2 Å². The summed E-state index contributed by atoms with van der Waals surface area (Å²) in [5.41, 5.74) is 1.88. The van der Waals surface area contributed by atoms with Crippen LogP contribution in [0, 0.1) is 0 Å². The van der Waals surface area contributed by atoms with Crippen LogP contribution in [0.5, 0.6) is 23.0 Å². The van der Waals surface area contributed by atoms with Gasteiger partial charge >= 0.3 is 5.97 Å². The number of nitrogens with zero attached hydrogens (tertiary/aromatic N) is 1. The zero-order chi connectivity index (χ0) is 22.0. The molecule has 2 aromatic carbocycles. The number of aliphatic carboxylic acids is 1. The first-order valence-electron chi connectivity index (χ1n) is 9.28. The Labute approximate surface area is 187 Å². The summed E-state index contributed by atoms with van der Waals surface area (Å²) < 4.78 is 21.9. The van der Waals surface area contributed by atoms with E-state index in [1.165, 1.54) is 25.6 Å². The molecule has 1 aliphatic rings. The molecule has 0 unspecified atom stereocenters.